The van der Waals surface area contributed by atoms with Crippen LogP contribution in [0.4, 0.5) is 0 Å². The number of carboxylic acids is 1. The van der Waals surface area contributed by atoms with E-state index < -0.39 is 11.8 Å². The summed E-state index contributed by atoms with van der Waals surface area (Å²) in [5, 5.41) is 18.4. The normalized spacial score (nSPS) is 10.9. The molecule has 0 heterocycles. The van der Waals surface area contributed by atoms with Gasteiger partial charge in [-0.05, 0) is 35.9 Å². The summed E-state index contributed by atoms with van der Waals surface area (Å²) in [6.45, 7) is 0. The van der Waals surface area contributed by atoms with Gasteiger partial charge in [0.25, 0.3) is 0 Å². The van der Waals surface area contributed by atoms with E-state index in [-0.39, 0.29) is 26.7 Å². The van der Waals surface area contributed by atoms with Crippen molar-refractivity contribution in [2.45, 2.75) is 0 Å². The molecule has 0 atom stereocenters. The van der Waals surface area contributed by atoms with Gasteiger partial charge in [0.15, 0.2) is 0 Å². The Morgan fingerprint density at radius 2 is 1.61 bits per heavy atom. The summed E-state index contributed by atoms with van der Waals surface area (Å²) in [6.07, 6.45) is 1.35. The zero-order valence-electron chi connectivity index (χ0n) is 11.6. The third-order valence-corrected chi connectivity index (χ3v) is 3.65. The van der Waals surface area contributed by atoms with Crippen LogP contribution >= 0.6 is 23.2 Å². The van der Waals surface area contributed by atoms with Gasteiger partial charge in [0.1, 0.15) is 11.6 Å². The second-order valence-corrected chi connectivity index (χ2v) is 5.34. The Bertz CT molecular complexity index is 829. The van der Waals surface area contributed by atoms with Crippen LogP contribution in [-0.2, 0) is 0 Å². The maximum Gasteiger partial charge on any atom is 0.335 e. The molecule has 4 nitrogen and oxygen atoms in total. The number of aromatic carboxylic acids is 1. The predicted molar refractivity (Wildman–Crippen MR) is 87.8 cm³/mol. The van der Waals surface area contributed by atoms with Gasteiger partial charge in [-0.3, -0.25) is 4.79 Å². The average molecular weight is 346 g/mol. The molecule has 6 heteroatoms. The third kappa shape index (κ3) is 3.78. The first-order valence-corrected chi connectivity index (χ1v) is 7.13. The molecule has 0 aliphatic carbocycles. The molecular formula is C17H9Cl2NO3. The number of rotatable bonds is 4. The lowest BCUT2D eigenvalue weighted by molar-refractivity contribution is 0.0696. The number of allylic oxidation sites excluding steroid dienone is 1. The van der Waals surface area contributed by atoms with E-state index in [1.165, 1.54) is 42.5 Å². The van der Waals surface area contributed by atoms with Crippen LogP contribution in [0.25, 0.3) is 6.08 Å². The first-order chi connectivity index (χ1) is 10.9. The molecule has 23 heavy (non-hydrogen) atoms. The zero-order valence-corrected chi connectivity index (χ0v) is 13.1. The van der Waals surface area contributed by atoms with Crippen LogP contribution in [0.2, 0.25) is 10.0 Å². The molecule has 0 saturated carbocycles. The number of nitriles is 1. The smallest absolute Gasteiger partial charge is 0.335 e. The van der Waals surface area contributed by atoms with Gasteiger partial charge in [0.2, 0.25) is 5.78 Å². The van der Waals surface area contributed by atoms with Gasteiger partial charge in [0.05, 0.1) is 21.2 Å². The monoisotopic (exact) mass is 345 g/mol. The van der Waals surface area contributed by atoms with Gasteiger partial charge in [-0.1, -0.05) is 41.4 Å². The fourth-order valence-electron chi connectivity index (χ4n) is 1.89. The van der Waals surface area contributed by atoms with Crippen molar-refractivity contribution in [1.82, 2.24) is 0 Å². The minimum atomic E-state index is -1.06. The molecule has 0 aromatic heterocycles. The molecule has 0 saturated heterocycles. The molecule has 0 spiro atoms. The molecule has 0 aliphatic heterocycles. The molecule has 0 aliphatic rings. The summed E-state index contributed by atoms with van der Waals surface area (Å²) in [5.74, 6) is -1.65. The van der Waals surface area contributed by atoms with Gasteiger partial charge < -0.3 is 5.11 Å². The van der Waals surface area contributed by atoms with Crippen LogP contribution in [0.15, 0.2) is 48.0 Å². The highest BCUT2D eigenvalue weighted by atomic mass is 35.5. The molecule has 0 radical (unpaired) electrons. The Balaban J connectivity index is 2.41. The standard InChI is InChI=1S/C17H9Cl2NO3/c18-13-2-1-3-14(19)15(13)16(21)12(9-20)8-10-4-6-11(7-5-10)17(22)23/h1-8H,(H,22,23)/b12-8+. The van der Waals surface area contributed by atoms with Crippen molar-refractivity contribution in [2.24, 2.45) is 0 Å². The Labute approximate surface area is 142 Å². The minimum Gasteiger partial charge on any atom is -0.478 e. The number of hydrogen-bond acceptors (Lipinski definition) is 3. The molecule has 0 unspecified atom stereocenters. The fraction of sp³-hybridized carbons (Fsp3) is 0. The minimum absolute atomic E-state index is 0.0609. The van der Waals surface area contributed by atoms with E-state index in [1.807, 2.05) is 6.07 Å². The highest BCUT2D eigenvalue weighted by Crippen LogP contribution is 2.27. The van der Waals surface area contributed by atoms with Crippen molar-refractivity contribution >= 4 is 41.0 Å². The highest BCUT2D eigenvalue weighted by Gasteiger charge is 2.18. The lowest BCUT2D eigenvalue weighted by Crippen LogP contribution is -2.04. The lowest BCUT2D eigenvalue weighted by atomic mass is 10.0. The van der Waals surface area contributed by atoms with Gasteiger partial charge in [-0.15, -0.1) is 0 Å². The van der Waals surface area contributed by atoms with E-state index in [1.54, 1.807) is 6.07 Å². The van der Waals surface area contributed by atoms with Crippen LogP contribution in [0.5, 0.6) is 0 Å². The third-order valence-electron chi connectivity index (χ3n) is 3.02. The first kappa shape index (κ1) is 16.8. The van der Waals surface area contributed by atoms with E-state index in [2.05, 4.69) is 0 Å². The summed E-state index contributed by atoms with van der Waals surface area (Å²) >= 11 is 12.0. The van der Waals surface area contributed by atoms with Crippen LogP contribution < -0.4 is 0 Å². The summed E-state index contributed by atoms with van der Waals surface area (Å²) in [6, 6.07) is 12.2. The van der Waals surface area contributed by atoms with E-state index in [0.29, 0.717) is 5.56 Å². The van der Waals surface area contributed by atoms with Crippen LogP contribution in [0, 0.1) is 11.3 Å². The maximum absolute atomic E-state index is 12.4. The van der Waals surface area contributed by atoms with Crippen LogP contribution in [0.3, 0.4) is 0 Å². The average Bonchev–Trinajstić information content (AvgIpc) is 2.52. The van der Waals surface area contributed by atoms with Gasteiger partial charge in [0, 0.05) is 0 Å². The zero-order chi connectivity index (χ0) is 17.0. The molecule has 0 bridgehead atoms. The fourth-order valence-corrected chi connectivity index (χ4v) is 2.46. The molecule has 114 valence electrons. The SMILES string of the molecule is N#C/C(=C\c1ccc(C(=O)O)cc1)C(=O)c1c(Cl)cccc1Cl. The van der Waals surface area contributed by atoms with Gasteiger partial charge in [-0.25, -0.2) is 4.79 Å². The predicted octanol–water partition coefficient (Wildman–Crippen LogP) is 4.48. The van der Waals surface area contributed by atoms with Crippen molar-refractivity contribution in [3.63, 3.8) is 0 Å². The van der Waals surface area contributed by atoms with E-state index in [0.717, 1.165) is 0 Å². The number of hydrogen-bond donors (Lipinski definition) is 1. The number of carbonyl (C=O) groups excluding carboxylic acids is 1. The van der Waals surface area contributed by atoms with E-state index >= 15 is 0 Å². The molecule has 2 aromatic rings. The quantitative estimate of drug-likeness (QED) is 0.503. The molecule has 1 N–H and O–H groups in total. The largest absolute Gasteiger partial charge is 0.478 e. The second-order valence-electron chi connectivity index (χ2n) is 4.52. The number of carbonyl (C=O) groups is 2. The Morgan fingerprint density at radius 1 is 1.04 bits per heavy atom. The summed E-state index contributed by atoms with van der Waals surface area (Å²) in [7, 11) is 0. The lowest BCUT2D eigenvalue weighted by Gasteiger charge is -2.05. The molecule has 0 fully saturated rings. The topological polar surface area (TPSA) is 78.2 Å². The van der Waals surface area contributed by atoms with Gasteiger partial charge in [-0.2, -0.15) is 5.26 Å². The summed E-state index contributed by atoms with van der Waals surface area (Å²) in [5.41, 5.74) is 0.540. The van der Waals surface area contributed by atoms with Crippen molar-refractivity contribution in [3.05, 3.63) is 74.8 Å². The number of nitrogens with zero attached hydrogens (tertiary/aromatic N) is 1. The number of benzene rings is 2. The van der Waals surface area contributed by atoms with Crippen LogP contribution in [0.1, 0.15) is 26.3 Å². The molecule has 2 aromatic carbocycles. The second kappa shape index (κ2) is 7.10. The number of Topliss-reactive ketones (excluding diaryl/α,β-unsaturated/α-hetero) is 1. The van der Waals surface area contributed by atoms with E-state index in [4.69, 9.17) is 28.3 Å². The van der Waals surface area contributed by atoms with Crippen LogP contribution in [-0.4, -0.2) is 16.9 Å². The summed E-state index contributed by atoms with van der Waals surface area (Å²) in [4.78, 5) is 23.3. The van der Waals surface area contributed by atoms with E-state index in [9.17, 15) is 14.9 Å². The van der Waals surface area contributed by atoms with Crippen molar-refractivity contribution in [2.75, 3.05) is 0 Å². The molecule has 2 rings (SSSR count). The highest BCUT2D eigenvalue weighted by molar-refractivity contribution is 6.41. The first-order valence-electron chi connectivity index (χ1n) is 6.38. The Morgan fingerprint density at radius 3 is 2.09 bits per heavy atom. The van der Waals surface area contributed by atoms with Crippen molar-refractivity contribution in [1.29, 1.82) is 5.26 Å². The molecule has 0 amide bonds. The van der Waals surface area contributed by atoms with Crippen molar-refractivity contribution < 1.29 is 14.7 Å². The Kier molecular flexibility index (Phi) is 5.17. The summed E-state index contributed by atoms with van der Waals surface area (Å²) < 4.78 is 0. The maximum atomic E-state index is 12.4. The van der Waals surface area contributed by atoms with Gasteiger partial charge >= 0.3 is 5.97 Å². The Hall–Kier alpha value is -2.61. The number of halogens is 2. The number of carboxylic acid groups (broad SMARTS) is 1. The van der Waals surface area contributed by atoms with Crippen molar-refractivity contribution in [3.8, 4) is 6.07 Å². The molecular weight excluding hydrogens is 337 g/mol. The number of ketones is 1.